The largest absolute Gasteiger partial charge is 0.497 e. The van der Waals surface area contributed by atoms with Crippen LogP contribution in [0.4, 0.5) is 11.4 Å². The molecule has 0 N–H and O–H groups in total. The minimum absolute atomic E-state index is 0.0317. The number of rotatable bonds is 5. The van der Waals surface area contributed by atoms with E-state index in [1.807, 2.05) is 12.1 Å². The molecule has 0 aromatic heterocycles. The Hall–Kier alpha value is -2.16. The highest BCUT2D eigenvalue weighted by Crippen LogP contribution is 2.48. The zero-order chi connectivity index (χ0) is 19.9. The lowest BCUT2D eigenvalue weighted by Crippen LogP contribution is -2.27. The van der Waals surface area contributed by atoms with Crippen LogP contribution in [0.2, 0.25) is 0 Å². The third kappa shape index (κ3) is 3.40. The minimum Gasteiger partial charge on any atom is -0.497 e. The van der Waals surface area contributed by atoms with E-state index in [-0.39, 0.29) is 5.41 Å². The molecule has 1 heterocycles. The number of anilines is 2. The molecule has 3 heteroatoms. The molecule has 2 aromatic carbocycles. The first-order valence-electron chi connectivity index (χ1n) is 9.91. The van der Waals surface area contributed by atoms with Gasteiger partial charge in [-0.3, -0.25) is 0 Å². The normalized spacial score (nSPS) is 15.0. The Morgan fingerprint density at radius 1 is 1.07 bits per heavy atom. The van der Waals surface area contributed by atoms with E-state index in [4.69, 9.17) is 9.47 Å². The predicted molar refractivity (Wildman–Crippen MR) is 114 cm³/mol. The molecule has 0 aliphatic carbocycles. The summed E-state index contributed by atoms with van der Waals surface area (Å²) in [5.41, 5.74) is 6.46. The molecule has 0 fully saturated rings. The molecular formula is C24H33NO2. The van der Waals surface area contributed by atoms with E-state index >= 15 is 0 Å². The van der Waals surface area contributed by atoms with Crippen LogP contribution < -0.4 is 14.4 Å². The van der Waals surface area contributed by atoms with Crippen molar-refractivity contribution in [1.29, 1.82) is 0 Å². The van der Waals surface area contributed by atoms with Crippen molar-refractivity contribution in [3.63, 3.8) is 0 Å². The SMILES string of the molecule is COc1ccc(N(c2cc3c(c(C(C)C)c2C)OCC3(C)C)C(C)C)cc1. The van der Waals surface area contributed by atoms with Gasteiger partial charge in [0, 0.05) is 34.0 Å². The fourth-order valence-electron chi connectivity index (χ4n) is 4.16. The zero-order valence-electron chi connectivity index (χ0n) is 18.0. The Labute approximate surface area is 164 Å². The van der Waals surface area contributed by atoms with Gasteiger partial charge in [0.2, 0.25) is 0 Å². The van der Waals surface area contributed by atoms with E-state index in [0.717, 1.165) is 18.1 Å². The highest BCUT2D eigenvalue weighted by Gasteiger charge is 2.36. The summed E-state index contributed by atoms with van der Waals surface area (Å²) >= 11 is 0. The molecule has 3 rings (SSSR count). The summed E-state index contributed by atoms with van der Waals surface area (Å²) in [5, 5.41) is 0. The van der Waals surface area contributed by atoms with E-state index in [1.54, 1.807) is 7.11 Å². The van der Waals surface area contributed by atoms with Gasteiger partial charge in [-0.05, 0) is 62.6 Å². The van der Waals surface area contributed by atoms with Crippen LogP contribution in [-0.2, 0) is 5.41 Å². The lowest BCUT2D eigenvalue weighted by atomic mass is 9.82. The van der Waals surface area contributed by atoms with Gasteiger partial charge in [0.15, 0.2) is 0 Å². The molecule has 1 aliphatic heterocycles. The molecule has 0 amide bonds. The smallest absolute Gasteiger partial charge is 0.127 e. The lowest BCUT2D eigenvalue weighted by molar-refractivity contribution is 0.288. The Morgan fingerprint density at radius 2 is 1.70 bits per heavy atom. The van der Waals surface area contributed by atoms with Crippen molar-refractivity contribution in [1.82, 2.24) is 0 Å². The summed E-state index contributed by atoms with van der Waals surface area (Å²) in [6, 6.07) is 11.0. The van der Waals surface area contributed by atoms with Gasteiger partial charge in [0.1, 0.15) is 11.5 Å². The van der Waals surface area contributed by atoms with Crippen LogP contribution >= 0.6 is 0 Å². The topological polar surface area (TPSA) is 21.7 Å². The minimum atomic E-state index is 0.0317. The summed E-state index contributed by atoms with van der Waals surface area (Å²) in [5.74, 6) is 2.40. The first-order chi connectivity index (χ1) is 12.7. The molecule has 3 nitrogen and oxygen atoms in total. The third-order valence-electron chi connectivity index (χ3n) is 5.57. The highest BCUT2D eigenvalue weighted by atomic mass is 16.5. The second-order valence-corrected chi connectivity index (χ2v) is 8.80. The summed E-state index contributed by atoms with van der Waals surface area (Å²) < 4.78 is 11.5. The molecule has 0 radical (unpaired) electrons. The maximum atomic E-state index is 6.18. The quantitative estimate of drug-likeness (QED) is 0.615. The second-order valence-electron chi connectivity index (χ2n) is 8.80. The summed E-state index contributed by atoms with van der Waals surface area (Å²) in [4.78, 5) is 2.43. The van der Waals surface area contributed by atoms with Gasteiger partial charge < -0.3 is 14.4 Å². The van der Waals surface area contributed by atoms with Gasteiger partial charge in [-0.15, -0.1) is 0 Å². The van der Waals surface area contributed by atoms with Gasteiger partial charge in [-0.1, -0.05) is 27.7 Å². The average Bonchev–Trinajstić information content (AvgIpc) is 2.90. The average molecular weight is 368 g/mol. The fraction of sp³-hybridized carbons (Fsp3) is 0.500. The van der Waals surface area contributed by atoms with Gasteiger partial charge in [0.05, 0.1) is 13.7 Å². The van der Waals surface area contributed by atoms with Crippen LogP contribution in [-0.4, -0.2) is 19.8 Å². The molecule has 0 saturated heterocycles. The van der Waals surface area contributed by atoms with E-state index < -0.39 is 0 Å². The van der Waals surface area contributed by atoms with E-state index in [0.29, 0.717) is 12.0 Å². The summed E-state index contributed by atoms with van der Waals surface area (Å²) in [6.07, 6.45) is 0. The number of ether oxygens (including phenoxy) is 2. The summed E-state index contributed by atoms with van der Waals surface area (Å²) in [7, 11) is 1.71. The molecule has 0 atom stereocenters. The van der Waals surface area contributed by atoms with E-state index in [9.17, 15) is 0 Å². The van der Waals surface area contributed by atoms with Crippen molar-refractivity contribution in [3.05, 3.63) is 47.0 Å². The maximum absolute atomic E-state index is 6.18. The molecule has 0 bridgehead atoms. The molecule has 1 aliphatic rings. The van der Waals surface area contributed by atoms with Crippen molar-refractivity contribution in [2.45, 2.75) is 65.8 Å². The standard InChI is InChI=1S/C24H33NO2/c1-15(2)22-17(5)21(13-20-23(22)27-14-24(20,6)7)25(16(3)4)18-9-11-19(26-8)12-10-18/h9-13,15-16H,14H2,1-8H3. The van der Waals surface area contributed by atoms with Gasteiger partial charge in [-0.25, -0.2) is 0 Å². The van der Waals surface area contributed by atoms with Crippen LogP contribution in [0.5, 0.6) is 11.5 Å². The number of methoxy groups -OCH3 is 1. The van der Waals surface area contributed by atoms with Crippen molar-refractivity contribution < 1.29 is 9.47 Å². The first-order valence-corrected chi connectivity index (χ1v) is 9.91. The molecule has 146 valence electrons. The lowest BCUT2D eigenvalue weighted by Gasteiger charge is -2.33. The number of benzene rings is 2. The Kier molecular flexibility index (Phi) is 5.16. The number of hydrogen-bond acceptors (Lipinski definition) is 3. The highest BCUT2D eigenvalue weighted by molar-refractivity contribution is 5.73. The maximum Gasteiger partial charge on any atom is 0.127 e. The Balaban J connectivity index is 2.22. The second kappa shape index (κ2) is 7.10. The van der Waals surface area contributed by atoms with Crippen LogP contribution in [0.25, 0.3) is 0 Å². The third-order valence-corrected chi connectivity index (χ3v) is 5.57. The van der Waals surface area contributed by atoms with E-state index in [1.165, 1.54) is 28.1 Å². The van der Waals surface area contributed by atoms with Crippen LogP contribution in [0.15, 0.2) is 30.3 Å². The Bertz CT molecular complexity index is 819. The monoisotopic (exact) mass is 367 g/mol. The number of hydrogen-bond donors (Lipinski definition) is 0. The van der Waals surface area contributed by atoms with Crippen LogP contribution in [0, 0.1) is 6.92 Å². The summed E-state index contributed by atoms with van der Waals surface area (Å²) in [6.45, 7) is 16.5. The van der Waals surface area contributed by atoms with E-state index in [2.05, 4.69) is 71.6 Å². The van der Waals surface area contributed by atoms with Crippen molar-refractivity contribution in [2.75, 3.05) is 18.6 Å². The number of fused-ring (bicyclic) bond motifs is 1. The first kappa shape index (κ1) is 19.6. The molecule has 0 spiro atoms. The fourth-order valence-corrected chi connectivity index (χ4v) is 4.16. The number of nitrogens with zero attached hydrogens (tertiary/aromatic N) is 1. The van der Waals surface area contributed by atoms with Gasteiger partial charge >= 0.3 is 0 Å². The molecule has 2 aromatic rings. The zero-order valence-corrected chi connectivity index (χ0v) is 18.0. The van der Waals surface area contributed by atoms with Crippen molar-refractivity contribution in [2.24, 2.45) is 0 Å². The molecule has 0 unspecified atom stereocenters. The Morgan fingerprint density at radius 3 is 2.22 bits per heavy atom. The van der Waals surface area contributed by atoms with Crippen LogP contribution in [0.1, 0.15) is 64.2 Å². The molecule has 0 saturated carbocycles. The van der Waals surface area contributed by atoms with Gasteiger partial charge in [-0.2, -0.15) is 0 Å². The van der Waals surface area contributed by atoms with Crippen molar-refractivity contribution >= 4 is 11.4 Å². The van der Waals surface area contributed by atoms with Crippen LogP contribution in [0.3, 0.4) is 0 Å². The molecule has 27 heavy (non-hydrogen) atoms. The van der Waals surface area contributed by atoms with Gasteiger partial charge in [0.25, 0.3) is 0 Å². The van der Waals surface area contributed by atoms with Crippen molar-refractivity contribution in [3.8, 4) is 11.5 Å². The predicted octanol–water partition coefficient (Wildman–Crippen LogP) is 6.34. The molecular weight excluding hydrogens is 334 g/mol.